The van der Waals surface area contributed by atoms with Crippen LogP contribution in [0.1, 0.15) is 19.8 Å². The first-order valence-corrected chi connectivity index (χ1v) is 3.14. The Kier molecular flexibility index (Phi) is 1.47. The summed E-state index contributed by atoms with van der Waals surface area (Å²) in [7, 11) is 0. The molecular formula is C6H9F3O. The molecule has 0 saturated heterocycles. The highest BCUT2D eigenvalue weighted by Crippen LogP contribution is 2.48. The van der Waals surface area contributed by atoms with Gasteiger partial charge in [-0.15, -0.1) is 0 Å². The van der Waals surface area contributed by atoms with Gasteiger partial charge in [-0.1, -0.05) is 6.92 Å². The van der Waals surface area contributed by atoms with E-state index in [-0.39, 0.29) is 18.8 Å². The molecule has 1 N–H and O–H groups in total. The lowest BCUT2D eigenvalue weighted by molar-refractivity contribution is -0.297. The minimum atomic E-state index is -4.43. The topological polar surface area (TPSA) is 20.2 Å². The zero-order valence-electron chi connectivity index (χ0n) is 5.57. The van der Waals surface area contributed by atoms with Crippen molar-refractivity contribution in [1.29, 1.82) is 0 Å². The van der Waals surface area contributed by atoms with Gasteiger partial charge in [-0.25, -0.2) is 0 Å². The Morgan fingerprint density at radius 2 is 1.80 bits per heavy atom. The van der Waals surface area contributed by atoms with E-state index in [2.05, 4.69) is 0 Å². The molecule has 0 atom stereocenters. The van der Waals surface area contributed by atoms with Crippen LogP contribution >= 0.6 is 0 Å². The molecule has 0 spiro atoms. The van der Waals surface area contributed by atoms with Crippen molar-refractivity contribution in [1.82, 2.24) is 0 Å². The van der Waals surface area contributed by atoms with Crippen molar-refractivity contribution >= 4 is 0 Å². The lowest BCUT2D eigenvalue weighted by atomic mass is 9.71. The third-order valence-electron chi connectivity index (χ3n) is 1.90. The summed E-state index contributed by atoms with van der Waals surface area (Å²) in [5, 5.41) is 8.79. The summed E-state index contributed by atoms with van der Waals surface area (Å²) in [5.41, 5.74) is -2.37. The van der Waals surface area contributed by atoms with Gasteiger partial charge in [-0.2, -0.15) is 13.2 Å². The number of aliphatic hydroxyl groups is 1. The number of halogens is 3. The molecule has 1 saturated carbocycles. The molecule has 1 rings (SSSR count). The molecule has 0 radical (unpaired) electrons. The maximum absolute atomic E-state index is 11.8. The lowest BCUT2D eigenvalue weighted by Crippen LogP contribution is -2.54. The van der Waals surface area contributed by atoms with Gasteiger partial charge in [0.25, 0.3) is 0 Å². The van der Waals surface area contributed by atoms with Crippen LogP contribution in [-0.4, -0.2) is 16.9 Å². The molecule has 0 bridgehead atoms. The van der Waals surface area contributed by atoms with Crippen LogP contribution in [0.4, 0.5) is 13.2 Å². The fraction of sp³-hybridized carbons (Fsp3) is 1.00. The molecule has 1 nitrogen and oxygen atoms in total. The minimum absolute atomic E-state index is 0.00613. The smallest absolute Gasteiger partial charge is 0.380 e. The number of hydrogen-bond donors (Lipinski definition) is 1. The number of alkyl halides is 3. The predicted octanol–water partition coefficient (Wildman–Crippen LogP) is 1.71. The molecule has 0 aromatic heterocycles. The first kappa shape index (κ1) is 7.85. The summed E-state index contributed by atoms with van der Waals surface area (Å²) in [6, 6.07) is 0. The first-order valence-electron chi connectivity index (χ1n) is 3.14. The monoisotopic (exact) mass is 154 g/mol. The number of rotatable bonds is 0. The van der Waals surface area contributed by atoms with Gasteiger partial charge in [0.1, 0.15) is 0 Å². The summed E-state index contributed by atoms with van der Waals surface area (Å²) < 4.78 is 35.4. The summed E-state index contributed by atoms with van der Waals surface area (Å²) in [4.78, 5) is 0. The largest absolute Gasteiger partial charge is 0.417 e. The zero-order chi connectivity index (χ0) is 7.99. The van der Waals surface area contributed by atoms with Gasteiger partial charge in [0.15, 0.2) is 5.60 Å². The van der Waals surface area contributed by atoms with E-state index in [4.69, 9.17) is 5.11 Å². The Morgan fingerprint density at radius 3 is 1.90 bits per heavy atom. The average Bonchev–Trinajstić information content (AvgIpc) is 1.58. The molecule has 0 aliphatic heterocycles. The second-order valence-electron chi connectivity index (χ2n) is 3.04. The number of hydrogen-bond acceptors (Lipinski definition) is 1. The molecule has 60 valence electrons. The van der Waals surface area contributed by atoms with E-state index >= 15 is 0 Å². The van der Waals surface area contributed by atoms with Gasteiger partial charge in [0, 0.05) is 0 Å². The second kappa shape index (κ2) is 1.87. The minimum Gasteiger partial charge on any atom is -0.380 e. The zero-order valence-corrected chi connectivity index (χ0v) is 5.57. The SMILES string of the molecule is C[C@H]1C[C@](O)(C(F)(F)F)C1. The van der Waals surface area contributed by atoms with Crippen LogP contribution in [0.3, 0.4) is 0 Å². The highest BCUT2D eigenvalue weighted by atomic mass is 19.4. The quantitative estimate of drug-likeness (QED) is 0.563. The highest BCUT2D eigenvalue weighted by molar-refractivity contribution is 4.97. The Labute approximate surface area is 56.8 Å². The van der Waals surface area contributed by atoms with Crippen LogP contribution in [0.15, 0.2) is 0 Å². The average molecular weight is 154 g/mol. The Morgan fingerprint density at radius 1 is 1.40 bits per heavy atom. The van der Waals surface area contributed by atoms with Crippen molar-refractivity contribution in [2.45, 2.75) is 31.5 Å². The van der Waals surface area contributed by atoms with Crippen LogP contribution in [0, 0.1) is 5.92 Å². The van der Waals surface area contributed by atoms with Gasteiger partial charge in [0.2, 0.25) is 0 Å². The standard InChI is InChI=1S/C6H9F3O/c1-4-2-5(10,3-4)6(7,8)9/h4,10H,2-3H2,1H3/t4-,5+. The van der Waals surface area contributed by atoms with Crippen LogP contribution < -0.4 is 0 Å². The molecule has 0 amide bonds. The maximum Gasteiger partial charge on any atom is 0.417 e. The normalized spacial score (nSPS) is 41.1. The highest BCUT2D eigenvalue weighted by Gasteiger charge is 2.59. The fourth-order valence-corrected chi connectivity index (χ4v) is 1.32. The third kappa shape index (κ3) is 1.00. The van der Waals surface area contributed by atoms with Crippen molar-refractivity contribution in [3.8, 4) is 0 Å². The van der Waals surface area contributed by atoms with Crippen LogP contribution in [-0.2, 0) is 0 Å². The Bertz CT molecular complexity index is 134. The molecule has 0 aromatic rings. The first-order chi connectivity index (χ1) is 4.35. The van der Waals surface area contributed by atoms with Crippen molar-refractivity contribution < 1.29 is 18.3 Å². The van der Waals surface area contributed by atoms with Gasteiger partial charge in [0.05, 0.1) is 0 Å². The predicted molar refractivity (Wildman–Crippen MR) is 29.4 cm³/mol. The second-order valence-corrected chi connectivity index (χ2v) is 3.04. The molecular weight excluding hydrogens is 145 g/mol. The van der Waals surface area contributed by atoms with Gasteiger partial charge < -0.3 is 5.11 Å². The summed E-state index contributed by atoms with van der Waals surface area (Å²) in [5.74, 6) is 0.00613. The Balaban J connectivity index is 2.57. The van der Waals surface area contributed by atoms with Crippen LogP contribution in [0.25, 0.3) is 0 Å². The van der Waals surface area contributed by atoms with Crippen molar-refractivity contribution in [3.05, 3.63) is 0 Å². The molecule has 0 aromatic carbocycles. The fourth-order valence-electron chi connectivity index (χ4n) is 1.32. The summed E-state index contributed by atoms with van der Waals surface area (Å²) >= 11 is 0. The van der Waals surface area contributed by atoms with E-state index in [0.717, 1.165) is 0 Å². The molecule has 0 unspecified atom stereocenters. The van der Waals surface area contributed by atoms with Gasteiger partial charge >= 0.3 is 6.18 Å². The van der Waals surface area contributed by atoms with E-state index in [0.29, 0.717) is 0 Å². The van der Waals surface area contributed by atoms with Crippen molar-refractivity contribution in [2.24, 2.45) is 5.92 Å². The summed E-state index contributed by atoms with van der Waals surface area (Å²) in [6.07, 6.45) is -4.72. The van der Waals surface area contributed by atoms with Gasteiger partial charge in [-0.05, 0) is 18.8 Å². The Hall–Kier alpha value is -0.250. The lowest BCUT2D eigenvalue weighted by Gasteiger charge is -2.42. The van der Waals surface area contributed by atoms with Crippen LogP contribution in [0.5, 0.6) is 0 Å². The maximum atomic E-state index is 11.8. The van der Waals surface area contributed by atoms with E-state index in [1.807, 2.05) is 0 Å². The van der Waals surface area contributed by atoms with Crippen LogP contribution in [0.2, 0.25) is 0 Å². The molecule has 1 aliphatic rings. The van der Waals surface area contributed by atoms with E-state index in [9.17, 15) is 13.2 Å². The molecule has 4 heteroatoms. The van der Waals surface area contributed by atoms with E-state index in [1.54, 1.807) is 6.92 Å². The van der Waals surface area contributed by atoms with Crippen molar-refractivity contribution in [3.63, 3.8) is 0 Å². The van der Waals surface area contributed by atoms with E-state index in [1.165, 1.54) is 0 Å². The van der Waals surface area contributed by atoms with E-state index < -0.39 is 11.8 Å². The molecule has 1 fully saturated rings. The van der Waals surface area contributed by atoms with Crippen molar-refractivity contribution in [2.75, 3.05) is 0 Å². The van der Waals surface area contributed by atoms with Gasteiger partial charge in [-0.3, -0.25) is 0 Å². The summed E-state index contributed by atoms with van der Waals surface area (Å²) in [6.45, 7) is 1.69. The third-order valence-corrected chi connectivity index (χ3v) is 1.90. The molecule has 0 heterocycles. The molecule has 10 heavy (non-hydrogen) atoms. The molecule has 1 aliphatic carbocycles.